The van der Waals surface area contributed by atoms with E-state index in [-0.39, 0.29) is 17.4 Å². The van der Waals surface area contributed by atoms with Crippen LogP contribution in [0.2, 0.25) is 5.02 Å². The maximum atomic E-state index is 12.6. The van der Waals surface area contributed by atoms with Gasteiger partial charge in [0.2, 0.25) is 11.8 Å². The second-order valence-electron chi connectivity index (χ2n) is 5.91. The topological polar surface area (TPSA) is 75.7 Å². The Balaban J connectivity index is 1.81. The molecule has 1 saturated heterocycles. The molecule has 1 fully saturated rings. The second kappa shape index (κ2) is 7.58. The fourth-order valence-corrected chi connectivity index (χ4v) is 2.94. The highest BCUT2D eigenvalue weighted by atomic mass is 35.5. The van der Waals surface area contributed by atoms with Crippen LogP contribution in [0.1, 0.15) is 30.1 Å². The maximum absolute atomic E-state index is 12.6. The van der Waals surface area contributed by atoms with Crippen molar-refractivity contribution in [3.05, 3.63) is 53.1 Å². The summed E-state index contributed by atoms with van der Waals surface area (Å²) in [5.41, 5.74) is 1.34. The lowest BCUT2D eigenvalue weighted by molar-refractivity contribution is -0.117. The number of ether oxygens (including phenoxy) is 1. The van der Waals surface area contributed by atoms with Gasteiger partial charge in [0, 0.05) is 30.6 Å². The van der Waals surface area contributed by atoms with Crippen molar-refractivity contribution in [2.45, 2.75) is 19.8 Å². The number of carbonyl (C=O) groups excluding carboxylic acids is 3. The highest BCUT2D eigenvalue weighted by molar-refractivity contribution is 6.31. The third-order valence-corrected chi connectivity index (χ3v) is 4.16. The average Bonchev–Trinajstić information content (AvgIpc) is 3.02. The molecular formula is C19H17ClN2O4. The van der Waals surface area contributed by atoms with Gasteiger partial charge in [-0.2, -0.15) is 0 Å². The summed E-state index contributed by atoms with van der Waals surface area (Å²) in [4.78, 5) is 37.2. The van der Waals surface area contributed by atoms with Gasteiger partial charge in [0.05, 0.1) is 11.3 Å². The molecule has 0 saturated carbocycles. The van der Waals surface area contributed by atoms with Gasteiger partial charge in [0.25, 0.3) is 0 Å². The zero-order valence-electron chi connectivity index (χ0n) is 14.1. The first-order valence-corrected chi connectivity index (χ1v) is 8.51. The Bertz CT molecular complexity index is 864. The van der Waals surface area contributed by atoms with Crippen LogP contribution >= 0.6 is 11.6 Å². The van der Waals surface area contributed by atoms with Crippen molar-refractivity contribution in [3.63, 3.8) is 0 Å². The number of carbonyl (C=O) groups is 3. The number of halogens is 1. The normalized spacial score (nSPS) is 13.6. The number of amides is 2. The number of nitrogens with zero attached hydrogens (tertiary/aromatic N) is 1. The molecule has 1 aliphatic rings. The summed E-state index contributed by atoms with van der Waals surface area (Å²) in [5, 5.41) is 3.08. The van der Waals surface area contributed by atoms with Gasteiger partial charge in [-0.05, 0) is 48.9 Å². The minimum absolute atomic E-state index is 0.0408. The molecule has 0 unspecified atom stereocenters. The van der Waals surface area contributed by atoms with Crippen molar-refractivity contribution in [2.24, 2.45) is 0 Å². The fourth-order valence-electron chi connectivity index (χ4n) is 2.78. The van der Waals surface area contributed by atoms with Crippen LogP contribution in [0, 0.1) is 0 Å². The molecule has 0 atom stereocenters. The average molecular weight is 373 g/mol. The third-order valence-electron chi connectivity index (χ3n) is 3.93. The van der Waals surface area contributed by atoms with Crippen LogP contribution in [0.5, 0.6) is 5.75 Å². The molecule has 6 nitrogen and oxygen atoms in total. The van der Waals surface area contributed by atoms with Gasteiger partial charge in [0.1, 0.15) is 5.75 Å². The summed E-state index contributed by atoms with van der Waals surface area (Å²) in [6.45, 7) is 1.96. The Kier molecular flexibility index (Phi) is 5.23. The highest BCUT2D eigenvalue weighted by Gasteiger charge is 2.27. The van der Waals surface area contributed by atoms with Gasteiger partial charge in [-0.1, -0.05) is 11.6 Å². The van der Waals surface area contributed by atoms with Gasteiger partial charge in [0.15, 0.2) is 0 Å². The van der Waals surface area contributed by atoms with Gasteiger partial charge in [-0.25, -0.2) is 4.79 Å². The maximum Gasteiger partial charge on any atom is 0.345 e. The van der Waals surface area contributed by atoms with Crippen molar-refractivity contribution >= 4 is 40.8 Å². The van der Waals surface area contributed by atoms with E-state index in [1.165, 1.54) is 6.92 Å². The Morgan fingerprint density at radius 2 is 1.88 bits per heavy atom. The number of anilines is 2. The van der Waals surface area contributed by atoms with Crippen molar-refractivity contribution in [3.8, 4) is 5.75 Å². The summed E-state index contributed by atoms with van der Waals surface area (Å²) in [6, 6.07) is 11.2. The number of benzene rings is 2. The summed E-state index contributed by atoms with van der Waals surface area (Å²) in [5.74, 6) is -0.474. The van der Waals surface area contributed by atoms with Gasteiger partial charge in [-0.3, -0.25) is 9.59 Å². The van der Waals surface area contributed by atoms with E-state index in [1.54, 1.807) is 47.4 Å². The van der Waals surface area contributed by atoms with Crippen molar-refractivity contribution in [2.75, 3.05) is 16.8 Å². The molecule has 3 rings (SSSR count). The van der Waals surface area contributed by atoms with Crippen LogP contribution in [0.25, 0.3) is 0 Å². The molecule has 7 heteroatoms. The van der Waals surface area contributed by atoms with Gasteiger partial charge >= 0.3 is 5.97 Å². The van der Waals surface area contributed by atoms with Gasteiger partial charge in [-0.15, -0.1) is 0 Å². The van der Waals surface area contributed by atoms with E-state index in [1.807, 2.05) is 0 Å². The molecule has 2 aromatic rings. The van der Waals surface area contributed by atoms with E-state index in [4.69, 9.17) is 16.3 Å². The summed E-state index contributed by atoms with van der Waals surface area (Å²) < 4.78 is 5.40. The zero-order chi connectivity index (χ0) is 18.7. The molecule has 2 aromatic carbocycles. The van der Waals surface area contributed by atoms with E-state index in [2.05, 4.69) is 5.32 Å². The van der Waals surface area contributed by atoms with Crippen LogP contribution in [-0.2, 0) is 9.59 Å². The summed E-state index contributed by atoms with van der Waals surface area (Å²) in [7, 11) is 0. The van der Waals surface area contributed by atoms with Crippen LogP contribution in [0.4, 0.5) is 11.4 Å². The molecule has 0 spiro atoms. The minimum Gasteiger partial charge on any atom is -0.423 e. The third kappa shape index (κ3) is 4.03. The van der Waals surface area contributed by atoms with E-state index in [9.17, 15) is 14.4 Å². The predicted molar refractivity (Wildman–Crippen MR) is 98.7 cm³/mol. The molecule has 26 heavy (non-hydrogen) atoms. The van der Waals surface area contributed by atoms with Crippen molar-refractivity contribution in [1.29, 1.82) is 0 Å². The first-order chi connectivity index (χ1) is 12.4. The number of esters is 1. The molecule has 0 radical (unpaired) electrons. The number of hydrogen-bond acceptors (Lipinski definition) is 4. The summed E-state index contributed by atoms with van der Waals surface area (Å²) >= 11 is 6.04. The lowest BCUT2D eigenvalue weighted by Gasteiger charge is -2.19. The second-order valence-corrected chi connectivity index (χ2v) is 6.34. The van der Waals surface area contributed by atoms with E-state index in [0.29, 0.717) is 35.1 Å². The number of nitrogens with one attached hydrogen (secondary N) is 1. The first-order valence-electron chi connectivity index (χ1n) is 8.14. The monoisotopic (exact) mass is 372 g/mol. The number of rotatable bonds is 4. The lowest BCUT2D eigenvalue weighted by atomic mass is 10.1. The molecule has 0 aromatic heterocycles. The van der Waals surface area contributed by atoms with Crippen LogP contribution in [0.15, 0.2) is 42.5 Å². The molecule has 0 aliphatic carbocycles. The molecule has 1 heterocycles. The Labute approximate surface area is 155 Å². The molecule has 1 aliphatic heterocycles. The molecule has 1 N–H and O–H groups in total. The van der Waals surface area contributed by atoms with Crippen molar-refractivity contribution < 1.29 is 19.1 Å². The number of hydrogen-bond donors (Lipinski definition) is 1. The Morgan fingerprint density at radius 3 is 2.50 bits per heavy atom. The molecule has 2 amide bonds. The molecular weight excluding hydrogens is 356 g/mol. The lowest BCUT2D eigenvalue weighted by Crippen LogP contribution is -2.26. The Hall–Kier alpha value is -2.86. The smallest absolute Gasteiger partial charge is 0.345 e. The minimum atomic E-state index is -0.580. The SMILES string of the molecule is CC(=O)Nc1ccc(OC(=O)c2ccc(Cl)cc2N2CCCC2=O)cc1. The Morgan fingerprint density at radius 1 is 1.15 bits per heavy atom. The summed E-state index contributed by atoms with van der Waals surface area (Å²) in [6.07, 6.45) is 1.19. The van der Waals surface area contributed by atoms with Gasteiger partial charge < -0.3 is 15.0 Å². The van der Waals surface area contributed by atoms with E-state index in [0.717, 1.165) is 6.42 Å². The fraction of sp³-hybridized carbons (Fsp3) is 0.211. The molecule has 0 bridgehead atoms. The largest absolute Gasteiger partial charge is 0.423 e. The van der Waals surface area contributed by atoms with Crippen LogP contribution in [-0.4, -0.2) is 24.3 Å². The predicted octanol–water partition coefficient (Wildman–Crippen LogP) is 3.64. The van der Waals surface area contributed by atoms with Crippen molar-refractivity contribution in [1.82, 2.24) is 0 Å². The first kappa shape index (κ1) is 17.9. The van der Waals surface area contributed by atoms with E-state index >= 15 is 0 Å². The van der Waals surface area contributed by atoms with Crippen LogP contribution in [0.3, 0.4) is 0 Å². The van der Waals surface area contributed by atoms with Crippen LogP contribution < -0.4 is 15.0 Å². The quantitative estimate of drug-likeness (QED) is 0.656. The highest BCUT2D eigenvalue weighted by Crippen LogP contribution is 2.29. The van der Waals surface area contributed by atoms with E-state index < -0.39 is 5.97 Å². The zero-order valence-corrected chi connectivity index (χ0v) is 14.9. The standard InChI is InChI=1S/C19H17ClN2O4/c1-12(23)21-14-5-7-15(8-6-14)26-19(25)16-9-4-13(20)11-17(16)22-10-2-3-18(22)24/h4-9,11H,2-3,10H2,1H3,(H,21,23). The molecule has 134 valence electrons.